The van der Waals surface area contributed by atoms with Crippen molar-refractivity contribution in [2.75, 3.05) is 5.32 Å². The van der Waals surface area contributed by atoms with Crippen molar-refractivity contribution in [3.05, 3.63) is 23.5 Å². The van der Waals surface area contributed by atoms with Crippen LogP contribution in [0.4, 0.5) is 18.9 Å². The first-order valence-corrected chi connectivity index (χ1v) is 6.23. The number of primary sulfonamides is 1. The van der Waals surface area contributed by atoms with E-state index in [-0.39, 0.29) is 12.1 Å². The molecule has 94 valence electrons. The summed E-state index contributed by atoms with van der Waals surface area (Å²) >= 11 is 0. The molecule has 0 saturated heterocycles. The van der Waals surface area contributed by atoms with Gasteiger partial charge < -0.3 is 5.32 Å². The predicted octanol–water partition coefficient (Wildman–Crippen LogP) is 1.07. The van der Waals surface area contributed by atoms with Crippen LogP contribution in [-0.2, 0) is 16.4 Å². The molecule has 0 aromatic heterocycles. The number of nitrogens with one attached hydrogen (secondary N) is 1. The Kier molecular flexibility index (Phi) is 2.78. The molecule has 1 aromatic carbocycles. The molecule has 0 saturated carbocycles. The predicted molar refractivity (Wildman–Crippen MR) is 54.9 cm³/mol. The maximum Gasteiger partial charge on any atom is 0.258 e. The largest absolute Gasteiger partial charge is 0.376 e. The van der Waals surface area contributed by atoms with E-state index in [0.29, 0.717) is 5.56 Å². The third-order valence-electron chi connectivity index (χ3n) is 2.55. The Morgan fingerprint density at radius 2 is 2.06 bits per heavy atom. The average molecular weight is 266 g/mol. The molecule has 1 aliphatic rings. The van der Waals surface area contributed by atoms with Crippen molar-refractivity contribution in [3.63, 3.8) is 0 Å². The molecule has 0 amide bonds. The highest BCUT2D eigenvalue weighted by molar-refractivity contribution is 7.89. The number of benzene rings is 1. The van der Waals surface area contributed by atoms with Gasteiger partial charge in [0.2, 0.25) is 10.0 Å². The van der Waals surface area contributed by atoms with Gasteiger partial charge in [0.1, 0.15) is 10.7 Å². The van der Waals surface area contributed by atoms with E-state index in [2.05, 4.69) is 5.32 Å². The van der Waals surface area contributed by atoms with E-state index in [9.17, 15) is 21.6 Å². The molecule has 2 rings (SSSR count). The van der Waals surface area contributed by atoms with Gasteiger partial charge in [-0.2, -0.15) is 0 Å². The van der Waals surface area contributed by atoms with Crippen LogP contribution < -0.4 is 10.5 Å². The first-order chi connectivity index (χ1) is 7.79. The summed E-state index contributed by atoms with van der Waals surface area (Å²) < 4.78 is 60.3. The Morgan fingerprint density at radius 1 is 1.41 bits per heavy atom. The van der Waals surface area contributed by atoms with Gasteiger partial charge in [-0.25, -0.2) is 26.7 Å². The molecule has 0 unspecified atom stereocenters. The Hall–Kier alpha value is -1.28. The number of hydrogen-bond acceptors (Lipinski definition) is 3. The van der Waals surface area contributed by atoms with Crippen LogP contribution >= 0.6 is 0 Å². The molecule has 1 heterocycles. The molecule has 3 N–H and O–H groups in total. The first kappa shape index (κ1) is 12.2. The molecule has 0 bridgehead atoms. The zero-order valence-electron chi connectivity index (χ0n) is 8.45. The number of rotatable bonds is 2. The minimum Gasteiger partial charge on any atom is -0.376 e. The zero-order chi connectivity index (χ0) is 12.8. The van der Waals surface area contributed by atoms with Crippen molar-refractivity contribution in [2.24, 2.45) is 5.14 Å². The Bertz CT molecular complexity index is 560. The molecule has 0 aliphatic carbocycles. The van der Waals surface area contributed by atoms with Crippen LogP contribution in [0.25, 0.3) is 0 Å². The van der Waals surface area contributed by atoms with Gasteiger partial charge in [0.05, 0.1) is 6.04 Å². The van der Waals surface area contributed by atoms with Crippen molar-refractivity contribution in [1.29, 1.82) is 0 Å². The van der Waals surface area contributed by atoms with Gasteiger partial charge in [0, 0.05) is 12.1 Å². The highest BCUT2D eigenvalue weighted by Gasteiger charge is 2.30. The van der Waals surface area contributed by atoms with E-state index in [4.69, 9.17) is 5.14 Å². The lowest BCUT2D eigenvalue weighted by molar-refractivity contribution is 0.126. The maximum atomic E-state index is 13.4. The molecule has 8 heteroatoms. The van der Waals surface area contributed by atoms with Crippen LogP contribution in [0, 0.1) is 5.82 Å². The zero-order valence-corrected chi connectivity index (χ0v) is 9.27. The van der Waals surface area contributed by atoms with E-state index in [0.717, 1.165) is 12.1 Å². The van der Waals surface area contributed by atoms with Crippen molar-refractivity contribution in [2.45, 2.75) is 23.8 Å². The fraction of sp³-hybridized carbons (Fsp3) is 0.333. The number of nitrogens with two attached hydrogens (primary N) is 1. The van der Waals surface area contributed by atoms with Gasteiger partial charge in [0.15, 0.2) is 0 Å². The van der Waals surface area contributed by atoms with Crippen LogP contribution in [-0.4, -0.2) is 20.9 Å². The van der Waals surface area contributed by atoms with Crippen LogP contribution in [0.15, 0.2) is 17.0 Å². The molecule has 0 radical (unpaired) electrons. The summed E-state index contributed by atoms with van der Waals surface area (Å²) in [5.41, 5.74) is 0.501. The molecule has 0 spiro atoms. The van der Waals surface area contributed by atoms with Crippen molar-refractivity contribution >= 4 is 15.7 Å². The number of halogens is 3. The van der Waals surface area contributed by atoms with Gasteiger partial charge in [0.25, 0.3) is 6.43 Å². The smallest absolute Gasteiger partial charge is 0.258 e. The van der Waals surface area contributed by atoms with E-state index in [1.54, 1.807) is 0 Å². The number of hydrogen-bond donors (Lipinski definition) is 2. The Morgan fingerprint density at radius 3 is 2.59 bits per heavy atom. The normalized spacial score (nSPS) is 19.2. The van der Waals surface area contributed by atoms with Gasteiger partial charge in [-0.15, -0.1) is 0 Å². The second-order valence-corrected chi connectivity index (χ2v) is 5.30. The summed E-state index contributed by atoms with van der Waals surface area (Å²) in [6.45, 7) is 0. The minimum absolute atomic E-state index is 0.0468. The Balaban J connectivity index is 2.45. The molecule has 4 nitrogen and oxygen atoms in total. The highest BCUT2D eigenvalue weighted by Crippen LogP contribution is 2.31. The maximum absolute atomic E-state index is 13.4. The van der Waals surface area contributed by atoms with Crippen LogP contribution in [0.5, 0.6) is 0 Å². The van der Waals surface area contributed by atoms with E-state index < -0.39 is 33.2 Å². The standard InChI is InChI=1S/C9H9F3N2O2S/c10-5-1-4-2-7(9(11)12)14-6(4)3-8(5)17(13,15)16/h1,3,7,9,14H,2H2,(H2,13,15,16)/t7-/m1/s1. The average Bonchev–Trinajstić information content (AvgIpc) is 2.57. The van der Waals surface area contributed by atoms with Crippen LogP contribution in [0.2, 0.25) is 0 Å². The fourth-order valence-corrected chi connectivity index (χ4v) is 2.37. The summed E-state index contributed by atoms with van der Waals surface area (Å²) in [4.78, 5) is -0.696. The van der Waals surface area contributed by atoms with Gasteiger partial charge in [-0.05, 0) is 17.7 Å². The molecule has 0 fully saturated rings. The Labute approximate surface area is 95.7 Å². The van der Waals surface area contributed by atoms with Gasteiger partial charge in [-0.1, -0.05) is 0 Å². The van der Waals surface area contributed by atoms with Gasteiger partial charge >= 0.3 is 0 Å². The summed E-state index contributed by atoms with van der Waals surface area (Å²) in [5.74, 6) is -1.03. The molecule has 1 aliphatic heterocycles. The van der Waals surface area contributed by atoms with Crippen LogP contribution in [0.1, 0.15) is 5.56 Å². The first-order valence-electron chi connectivity index (χ1n) is 4.69. The fourth-order valence-electron chi connectivity index (χ4n) is 1.76. The van der Waals surface area contributed by atoms with Crippen molar-refractivity contribution in [1.82, 2.24) is 0 Å². The lowest BCUT2D eigenvalue weighted by atomic mass is 10.1. The summed E-state index contributed by atoms with van der Waals surface area (Å²) in [7, 11) is -4.20. The van der Waals surface area contributed by atoms with Crippen LogP contribution in [0.3, 0.4) is 0 Å². The minimum atomic E-state index is -4.20. The molecular formula is C9H9F3N2O2S. The summed E-state index contributed by atoms with van der Waals surface area (Å²) in [6.07, 6.45) is -2.65. The highest BCUT2D eigenvalue weighted by atomic mass is 32.2. The molecule has 17 heavy (non-hydrogen) atoms. The number of alkyl halides is 2. The quantitative estimate of drug-likeness (QED) is 0.841. The third kappa shape index (κ3) is 2.22. The van der Waals surface area contributed by atoms with Crippen molar-refractivity contribution < 1.29 is 21.6 Å². The van der Waals surface area contributed by atoms with Gasteiger partial charge in [-0.3, -0.25) is 0 Å². The second kappa shape index (κ2) is 3.88. The van der Waals surface area contributed by atoms with E-state index in [1.165, 1.54) is 0 Å². The number of sulfonamides is 1. The topological polar surface area (TPSA) is 72.2 Å². The summed E-state index contributed by atoms with van der Waals surface area (Å²) in [6, 6.07) is 0.743. The number of fused-ring (bicyclic) bond motifs is 1. The number of anilines is 1. The van der Waals surface area contributed by atoms with E-state index >= 15 is 0 Å². The lowest BCUT2D eigenvalue weighted by Crippen LogP contribution is -2.24. The summed E-state index contributed by atoms with van der Waals surface area (Å²) in [5, 5.41) is 7.24. The third-order valence-corrected chi connectivity index (χ3v) is 3.48. The molecule has 1 atom stereocenters. The van der Waals surface area contributed by atoms with Crippen molar-refractivity contribution in [3.8, 4) is 0 Å². The lowest BCUT2D eigenvalue weighted by Gasteiger charge is -2.08. The second-order valence-electron chi connectivity index (χ2n) is 3.77. The SMILES string of the molecule is NS(=O)(=O)c1cc2c(cc1F)C[C@H](C(F)F)N2. The molecule has 1 aromatic rings. The van der Waals surface area contributed by atoms with E-state index in [1.807, 2.05) is 0 Å². The molecular weight excluding hydrogens is 257 g/mol. The monoisotopic (exact) mass is 266 g/mol.